The smallest absolute Gasteiger partial charge is 0.228 e. The van der Waals surface area contributed by atoms with E-state index >= 15 is 0 Å². The molecule has 0 saturated carbocycles. The molecule has 0 spiro atoms. The van der Waals surface area contributed by atoms with Gasteiger partial charge in [-0.25, -0.2) is 0 Å². The van der Waals surface area contributed by atoms with Gasteiger partial charge in [0.15, 0.2) is 0 Å². The fourth-order valence-corrected chi connectivity index (χ4v) is 2.07. The quantitative estimate of drug-likeness (QED) is 0.623. The molecule has 0 radical (unpaired) electrons. The Hall–Kier alpha value is -0.610. The Morgan fingerprint density at radius 3 is 2.60 bits per heavy atom. The lowest BCUT2D eigenvalue weighted by Gasteiger charge is -2.32. The molecule has 1 aliphatic rings. The van der Waals surface area contributed by atoms with Crippen LogP contribution >= 0.6 is 0 Å². The van der Waals surface area contributed by atoms with Gasteiger partial charge >= 0.3 is 0 Å². The van der Waals surface area contributed by atoms with E-state index in [0.717, 1.165) is 19.5 Å². The first kappa shape index (κ1) is 12.5. The Morgan fingerprint density at radius 1 is 1.53 bits per heavy atom. The number of hydrogen-bond acceptors (Lipinski definition) is 3. The Bertz CT molecular complexity index is 223. The molecule has 2 atom stereocenters. The van der Waals surface area contributed by atoms with Crippen molar-refractivity contribution in [2.24, 2.45) is 11.3 Å². The van der Waals surface area contributed by atoms with Crippen molar-refractivity contribution >= 4 is 5.91 Å². The van der Waals surface area contributed by atoms with Crippen molar-refractivity contribution < 1.29 is 9.90 Å². The van der Waals surface area contributed by atoms with Crippen LogP contribution in [0.25, 0.3) is 0 Å². The highest BCUT2D eigenvalue weighted by Crippen LogP contribution is 2.34. The zero-order chi connectivity index (χ0) is 11.5. The monoisotopic (exact) mass is 214 g/mol. The van der Waals surface area contributed by atoms with Crippen molar-refractivity contribution in [3.8, 4) is 0 Å². The molecule has 0 aromatic rings. The Labute approximate surface area is 91.4 Å². The first-order valence-electron chi connectivity index (χ1n) is 5.65. The molecule has 1 saturated heterocycles. The fraction of sp³-hybridized carbons (Fsp3) is 0.909. The summed E-state index contributed by atoms with van der Waals surface area (Å²) in [5.41, 5.74) is -0.288. The minimum absolute atomic E-state index is 0.00660. The van der Waals surface area contributed by atoms with E-state index in [9.17, 15) is 4.79 Å². The minimum Gasteiger partial charge on any atom is -0.394 e. The van der Waals surface area contributed by atoms with E-state index in [1.54, 1.807) is 0 Å². The van der Waals surface area contributed by atoms with Crippen LogP contribution < -0.4 is 10.6 Å². The van der Waals surface area contributed by atoms with Crippen LogP contribution in [-0.2, 0) is 4.79 Å². The van der Waals surface area contributed by atoms with Crippen LogP contribution in [0.5, 0.6) is 0 Å². The zero-order valence-corrected chi connectivity index (χ0v) is 9.84. The molecule has 1 heterocycles. The number of hydrogen-bond donors (Lipinski definition) is 3. The van der Waals surface area contributed by atoms with Gasteiger partial charge in [-0.05, 0) is 25.8 Å². The highest BCUT2D eigenvalue weighted by molar-refractivity contribution is 5.83. The van der Waals surface area contributed by atoms with E-state index in [2.05, 4.69) is 24.5 Å². The topological polar surface area (TPSA) is 61.4 Å². The standard InChI is InChI=1S/C11H22N2O2/c1-8(2)11(4-5-12-7-11)10(15)13-9(3)6-14/h8-9,12,14H,4-7H2,1-3H3,(H,13,15)/t9-,11?/m0/s1. The number of aliphatic hydroxyl groups is 1. The van der Waals surface area contributed by atoms with E-state index in [-0.39, 0.29) is 24.0 Å². The summed E-state index contributed by atoms with van der Waals surface area (Å²) in [5.74, 6) is 0.391. The van der Waals surface area contributed by atoms with Crippen LogP contribution in [0, 0.1) is 11.3 Å². The maximum absolute atomic E-state index is 12.1. The van der Waals surface area contributed by atoms with Crippen molar-refractivity contribution in [3.63, 3.8) is 0 Å². The van der Waals surface area contributed by atoms with Gasteiger partial charge in [0.1, 0.15) is 0 Å². The molecule has 0 aromatic heterocycles. The lowest BCUT2D eigenvalue weighted by Crippen LogP contribution is -2.49. The molecule has 1 unspecified atom stereocenters. The molecule has 1 rings (SSSR count). The maximum atomic E-state index is 12.1. The average Bonchev–Trinajstić information content (AvgIpc) is 2.67. The molecule has 15 heavy (non-hydrogen) atoms. The number of amides is 1. The van der Waals surface area contributed by atoms with Gasteiger partial charge in [-0.1, -0.05) is 13.8 Å². The van der Waals surface area contributed by atoms with Crippen molar-refractivity contribution in [1.29, 1.82) is 0 Å². The molecular formula is C11H22N2O2. The van der Waals surface area contributed by atoms with Crippen LogP contribution in [0.4, 0.5) is 0 Å². The van der Waals surface area contributed by atoms with Crippen molar-refractivity contribution in [1.82, 2.24) is 10.6 Å². The summed E-state index contributed by atoms with van der Waals surface area (Å²) in [4.78, 5) is 12.1. The SMILES string of the molecule is CC(C)C1(C(=O)N[C@@H](C)CO)CCNC1. The van der Waals surface area contributed by atoms with E-state index in [4.69, 9.17) is 5.11 Å². The van der Waals surface area contributed by atoms with E-state index < -0.39 is 0 Å². The average molecular weight is 214 g/mol. The predicted molar refractivity (Wildman–Crippen MR) is 59.4 cm³/mol. The number of rotatable bonds is 4. The number of carbonyl (C=O) groups excluding carboxylic acids is 1. The molecule has 0 bridgehead atoms. The van der Waals surface area contributed by atoms with Gasteiger partial charge < -0.3 is 15.7 Å². The van der Waals surface area contributed by atoms with Crippen LogP contribution in [0.3, 0.4) is 0 Å². The number of aliphatic hydroxyl groups excluding tert-OH is 1. The summed E-state index contributed by atoms with van der Waals surface area (Å²) < 4.78 is 0. The van der Waals surface area contributed by atoms with E-state index in [1.807, 2.05) is 6.92 Å². The lowest BCUT2D eigenvalue weighted by molar-refractivity contribution is -0.133. The highest BCUT2D eigenvalue weighted by Gasteiger charge is 2.43. The Morgan fingerprint density at radius 2 is 2.20 bits per heavy atom. The molecular weight excluding hydrogens is 192 g/mol. The summed E-state index contributed by atoms with van der Waals surface area (Å²) in [5, 5.41) is 15.0. The van der Waals surface area contributed by atoms with Crippen LogP contribution in [0.1, 0.15) is 27.2 Å². The second-order valence-corrected chi connectivity index (χ2v) is 4.79. The van der Waals surface area contributed by atoms with Gasteiger partial charge in [-0.15, -0.1) is 0 Å². The largest absolute Gasteiger partial charge is 0.394 e. The van der Waals surface area contributed by atoms with E-state index in [0.29, 0.717) is 5.92 Å². The number of carbonyl (C=O) groups is 1. The second kappa shape index (κ2) is 4.94. The van der Waals surface area contributed by atoms with Gasteiger partial charge in [-0.3, -0.25) is 4.79 Å². The molecule has 4 nitrogen and oxygen atoms in total. The first-order valence-corrected chi connectivity index (χ1v) is 5.65. The van der Waals surface area contributed by atoms with Crippen molar-refractivity contribution in [2.75, 3.05) is 19.7 Å². The third kappa shape index (κ3) is 2.49. The third-order valence-electron chi connectivity index (χ3n) is 3.40. The van der Waals surface area contributed by atoms with Crippen molar-refractivity contribution in [3.05, 3.63) is 0 Å². The maximum Gasteiger partial charge on any atom is 0.228 e. The first-order chi connectivity index (χ1) is 7.03. The summed E-state index contributed by atoms with van der Waals surface area (Å²) in [6.45, 7) is 7.61. The van der Waals surface area contributed by atoms with Crippen molar-refractivity contribution in [2.45, 2.75) is 33.2 Å². The summed E-state index contributed by atoms with van der Waals surface area (Å²) in [6, 6.07) is -0.159. The fourth-order valence-electron chi connectivity index (χ4n) is 2.07. The third-order valence-corrected chi connectivity index (χ3v) is 3.40. The normalized spacial score (nSPS) is 28.1. The number of nitrogens with one attached hydrogen (secondary N) is 2. The molecule has 3 N–H and O–H groups in total. The van der Waals surface area contributed by atoms with Crippen LogP contribution in [0.2, 0.25) is 0 Å². The molecule has 88 valence electrons. The summed E-state index contributed by atoms with van der Waals surface area (Å²) in [7, 11) is 0. The summed E-state index contributed by atoms with van der Waals surface area (Å²) in [6.07, 6.45) is 0.884. The molecule has 1 aliphatic heterocycles. The predicted octanol–water partition coefficient (Wildman–Crippen LogP) is 0.119. The molecule has 4 heteroatoms. The Kier molecular flexibility index (Phi) is 4.11. The molecule has 0 aliphatic carbocycles. The molecule has 0 aromatic carbocycles. The minimum atomic E-state index is -0.288. The summed E-state index contributed by atoms with van der Waals surface area (Å²) >= 11 is 0. The van der Waals surface area contributed by atoms with E-state index in [1.165, 1.54) is 0 Å². The highest BCUT2D eigenvalue weighted by atomic mass is 16.3. The van der Waals surface area contributed by atoms with Crippen LogP contribution in [0.15, 0.2) is 0 Å². The lowest BCUT2D eigenvalue weighted by atomic mass is 9.75. The van der Waals surface area contributed by atoms with Gasteiger partial charge in [0, 0.05) is 12.6 Å². The van der Waals surface area contributed by atoms with Gasteiger partial charge in [0.05, 0.1) is 12.0 Å². The van der Waals surface area contributed by atoms with Gasteiger partial charge in [-0.2, -0.15) is 0 Å². The van der Waals surface area contributed by atoms with Crippen LogP contribution in [-0.4, -0.2) is 36.8 Å². The van der Waals surface area contributed by atoms with Gasteiger partial charge in [0.2, 0.25) is 5.91 Å². The second-order valence-electron chi connectivity index (χ2n) is 4.79. The molecule has 1 amide bonds. The Balaban J connectivity index is 2.68. The molecule has 1 fully saturated rings. The van der Waals surface area contributed by atoms with Gasteiger partial charge in [0.25, 0.3) is 0 Å². The zero-order valence-electron chi connectivity index (χ0n) is 9.84.